The van der Waals surface area contributed by atoms with E-state index in [-0.39, 0.29) is 0 Å². The molecule has 1 aliphatic heterocycles. The summed E-state index contributed by atoms with van der Waals surface area (Å²) >= 11 is 0. The van der Waals surface area contributed by atoms with Crippen LogP contribution in [0.5, 0.6) is 0 Å². The van der Waals surface area contributed by atoms with Gasteiger partial charge in [-0.1, -0.05) is 0 Å². The summed E-state index contributed by atoms with van der Waals surface area (Å²) < 4.78 is 7.22. The lowest BCUT2D eigenvalue weighted by atomic mass is 10.0. The van der Waals surface area contributed by atoms with E-state index in [2.05, 4.69) is 33.4 Å². The van der Waals surface area contributed by atoms with Crippen molar-refractivity contribution in [3.8, 4) is 0 Å². The fourth-order valence-electron chi connectivity index (χ4n) is 2.86. The minimum absolute atomic E-state index is 0.529. The summed E-state index contributed by atoms with van der Waals surface area (Å²) in [6.07, 6.45) is 6.91. The highest BCUT2D eigenvalue weighted by atomic mass is 16.3. The first-order chi connectivity index (χ1) is 10.8. The third-order valence-corrected chi connectivity index (χ3v) is 3.98. The molecule has 3 heterocycles. The van der Waals surface area contributed by atoms with E-state index in [0.29, 0.717) is 12.5 Å². The number of aryl methyl sites for hydroxylation is 1. The quantitative estimate of drug-likeness (QED) is 0.693. The summed E-state index contributed by atoms with van der Waals surface area (Å²) in [7, 11) is 1.96. The lowest BCUT2D eigenvalue weighted by Crippen LogP contribution is -2.39. The van der Waals surface area contributed by atoms with Crippen molar-refractivity contribution in [1.82, 2.24) is 20.0 Å². The highest BCUT2D eigenvalue weighted by molar-refractivity contribution is 5.80. The molecule has 22 heavy (non-hydrogen) atoms. The van der Waals surface area contributed by atoms with Crippen molar-refractivity contribution in [3.63, 3.8) is 0 Å². The summed E-state index contributed by atoms with van der Waals surface area (Å²) in [5.41, 5.74) is 1.31. The van der Waals surface area contributed by atoms with Gasteiger partial charge in [-0.3, -0.25) is 4.68 Å². The highest BCUT2D eigenvalue weighted by Crippen LogP contribution is 2.26. The predicted octanol–water partition coefficient (Wildman–Crippen LogP) is 1.97. The number of aliphatic imine (C=N–C) groups is 1. The Balaban J connectivity index is 1.66. The molecule has 0 radical (unpaired) electrons. The SMILES string of the molecule is CCNC(=NCc1ccco1)N1CCC(c2cnn(C)c2)C1. The largest absolute Gasteiger partial charge is 0.467 e. The first-order valence-corrected chi connectivity index (χ1v) is 7.80. The Morgan fingerprint density at radius 3 is 3.14 bits per heavy atom. The standard InChI is InChI=1S/C16H23N5O/c1-3-17-16(18-10-15-5-4-8-22-15)21-7-6-13(12-21)14-9-19-20(2)11-14/h4-5,8-9,11,13H,3,6-7,10,12H2,1-2H3,(H,17,18). The third kappa shape index (κ3) is 3.32. The van der Waals surface area contributed by atoms with Crippen molar-refractivity contribution in [2.75, 3.05) is 19.6 Å². The fraction of sp³-hybridized carbons (Fsp3) is 0.500. The number of furan rings is 1. The average molecular weight is 301 g/mol. The van der Waals surface area contributed by atoms with Crippen LogP contribution in [-0.2, 0) is 13.6 Å². The molecule has 1 atom stereocenters. The van der Waals surface area contributed by atoms with Crippen LogP contribution in [0.3, 0.4) is 0 Å². The maximum atomic E-state index is 5.35. The van der Waals surface area contributed by atoms with Crippen LogP contribution in [0.2, 0.25) is 0 Å². The Morgan fingerprint density at radius 1 is 1.55 bits per heavy atom. The van der Waals surface area contributed by atoms with Crippen molar-refractivity contribution in [1.29, 1.82) is 0 Å². The molecule has 3 rings (SSSR count). The van der Waals surface area contributed by atoms with E-state index >= 15 is 0 Å². The van der Waals surface area contributed by atoms with Crippen LogP contribution in [0.4, 0.5) is 0 Å². The zero-order valence-corrected chi connectivity index (χ0v) is 13.2. The molecule has 6 nitrogen and oxygen atoms in total. The van der Waals surface area contributed by atoms with E-state index in [4.69, 9.17) is 4.42 Å². The maximum Gasteiger partial charge on any atom is 0.194 e. The van der Waals surface area contributed by atoms with Crippen LogP contribution < -0.4 is 5.32 Å². The van der Waals surface area contributed by atoms with Crippen LogP contribution in [-0.4, -0.2) is 40.3 Å². The molecule has 0 saturated carbocycles. The van der Waals surface area contributed by atoms with Gasteiger partial charge in [-0.15, -0.1) is 0 Å². The zero-order chi connectivity index (χ0) is 15.4. The van der Waals surface area contributed by atoms with E-state index in [1.54, 1.807) is 6.26 Å². The van der Waals surface area contributed by atoms with Crippen LogP contribution >= 0.6 is 0 Å². The molecule has 1 N–H and O–H groups in total. The second kappa shape index (κ2) is 6.68. The van der Waals surface area contributed by atoms with Gasteiger partial charge >= 0.3 is 0 Å². The lowest BCUT2D eigenvalue weighted by molar-refractivity contribution is 0.477. The Labute approximate surface area is 130 Å². The minimum Gasteiger partial charge on any atom is -0.467 e. The van der Waals surface area contributed by atoms with Gasteiger partial charge in [0.25, 0.3) is 0 Å². The molecule has 1 fully saturated rings. The molecule has 0 aliphatic carbocycles. The Bertz CT molecular complexity index is 616. The van der Waals surface area contributed by atoms with Crippen LogP contribution in [0.25, 0.3) is 0 Å². The van der Waals surface area contributed by atoms with Crippen molar-refractivity contribution in [2.45, 2.75) is 25.8 Å². The second-order valence-electron chi connectivity index (χ2n) is 5.63. The fourth-order valence-corrected chi connectivity index (χ4v) is 2.86. The number of nitrogens with zero attached hydrogens (tertiary/aromatic N) is 4. The summed E-state index contributed by atoms with van der Waals surface area (Å²) in [5.74, 6) is 2.38. The third-order valence-electron chi connectivity index (χ3n) is 3.98. The number of rotatable bonds is 4. The van der Waals surface area contributed by atoms with Gasteiger partial charge < -0.3 is 14.6 Å². The Kier molecular flexibility index (Phi) is 4.46. The van der Waals surface area contributed by atoms with Gasteiger partial charge in [0, 0.05) is 38.8 Å². The summed E-state index contributed by atoms with van der Waals surface area (Å²) in [4.78, 5) is 7.01. The lowest BCUT2D eigenvalue weighted by Gasteiger charge is -2.21. The molecule has 0 aromatic carbocycles. The molecule has 2 aromatic heterocycles. The number of guanidine groups is 1. The Hall–Kier alpha value is -2.24. The molecule has 118 valence electrons. The van der Waals surface area contributed by atoms with E-state index < -0.39 is 0 Å². The van der Waals surface area contributed by atoms with Crippen LogP contribution in [0, 0.1) is 0 Å². The molecule has 1 unspecified atom stereocenters. The van der Waals surface area contributed by atoms with Gasteiger partial charge in [-0.25, -0.2) is 4.99 Å². The summed E-state index contributed by atoms with van der Waals surface area (Å²) in [6.45, 7) is 5.53. The summed E-state index contributed by atoms with van der Waals surface area (Å²) in [6, 6.07) is 3.85. The van der Waals surface area contributed by atoms with E-state index in [1.165, 1.54) is 5.56 Å². The first-order valence-electron chi connectivity index (χ1n) is 7.80. The van der Waals surface area contributed by atoms with Crippen molar-refractivity contribution >= 4 is 5.96 Å². The maximum absolute atomic E-state index is 5.35. The molecule has 0 amide bonds. The minimum atomic E-state index is 0.529. The molecule has 0 bridgehead atoms. The van der Waals surface area contributed by atoms with Gasteiger partial charge in [0.2, 0.25) is 0 Å². The van der Waals surface area contributed by atoms with Gasteiger partial charge in [0.05, 0.1) is 12.5 Å². The molecule has 6 heteroatoms. The smallest absolute Gasteiger partial charge is 0.194 e. The van der Waals surface area contributed by atoms with E-state index in [1.807, 2.05) is 30.1 Å². The van der Waals surface area contributed by atoms with E-state index in [0.717, 1.165) is 37.8 Å². The molecular weight excluding hydrogens is 278 g/mol. The van der Waals surface area contributed by atoms with Crippen LogP contribution in [0.15, 0.2) is 40.2 Å². The molecule has 2 aromatic rings. The first kappa shape index (κ1) is 14.7. The molecule has 1 aliphatic rings. The second-order valence-corrected chi connectivity index (χ2v) is 5.63. The zero-order valence-electron chi connectivity index (χ0n) is 13.2. The van der Waals surface area contributed by atoms with Gasteiger partial charge in [-0.2, -0.15) is 5.10 Å². The van der Waals surface area contributed by atoms with E-state index in [9.17, 15) is 0 Å². The average Bonchev–Trinajstić information content (AvgIpc) is 3.24. The van der Waals surface area contributed by atoms with Gasteiger partial charge in [0.15, 0.2) is 5.96 Å². The number of hydrogen-bond acceptors (Lipinski definition) is 3. The topological polar surface area (TPSA) is 58.6 Å². The van der Waals surface area contributed by atoms with Crippen LogP contribution in [0.1, 0.15) is 30.6 Å². The predicted molar refractivity (Wildman–Crippen MR) is 85.7 cm³/mol. The number of hydrogen-bond donors (Lipinski definition) is 1. The normalized spacial score (nSPS) is 18.9. The highest BCUT2D eigenvalue weighted by Gasteiger charge is 2.26. The summed E-state index contributed by atoms with van der Waals surface area (Å²) in [5, 5.41) is 7.66. The number of likely N-dealkylation sites (tertiary alicyclic amines) is 1. The molecule has 0 spiro atoms. The van der Waals surface area contributed by atoms with Gasteiger partial charge in [-0.05, 0) is 31.0 Å². The Morgan fingerprint density at radius 2 is 2.45 bits per heavy atom. The van der Waals surface area contributed by atoms with Crippen molar-refractivity contribution < 1.29 is 4.42 Å². The molecular formula is C16H23N5O. The number of nitrogens with one attached hydrogen (secondary N) is 1. The van der Waals surface area contributed by atoms with Crippen molar-refractivity contribution in [3.05, 3.63) is 42.1 Å². The number of aromatic nitrogens is 2. The monoisotopic (exact) mass is 301 g/mol. The van der Waals surface area contributed by atoms with Crippen molar-refractivity contribution in [2.24, 2.45) is 12.0 Å². The molecule has 1 saturated heterocycles. The van der Waals surface area contributed by atoms with Gasteiger partial charge in [0.1, 0.15) is 12.3 Å².